The number of nitrogens with zero attached hydrogens (tertiary/aromatic N) is 2. The smallest absolute Gasteiger partial charge is 0.135 e. The minimum Gasteiger partial charge on any atom is -0.449 e. The van der Waals surface area contributed by atoms with Crippen molar-refractivity contribution in [2.24, 2.45) is 0 Å². The molecule has 0 saturated heterocycles. The highest BCUT2D eigenvalue weighted by Gasteiger charge is 2.30. The normalized spacial score (nSPS) is 13.0. The lowest BCUT2D eigenvalue weighted by molar-refractivity contribution is 0.560. The minimum absolute atomic E-state index is 0.0253. The molecule has 0 spiro atoms. The Bertz CT molecular complexity index is 704. The Labute approximate surface area is 161 Å². The Morgan fingerprint density at radius 1 is 0.962 bits per heavy atom. The van der Waals surface area contributed by atoms with E-state index in [1.165, 1.54) is 0 Å². The third-order valence-electron chi connectivity index (χ3n) is 4.37. The van der Waals surface area contributed by atoms with Gasteiger partial charge < -0.3 is 9.92 Å². The molecule has 1 heterocycles. The van der Waals surface area contributed by atoms with E-state index in [1.54, 1.807) is 4.68 Å². The number of benzene rings is 1. The highest BCUT2D eigenvalue weighted by atomic mass is 32.3. The van der Waals surface area contributed by atoms with Crippen LogP contribution in [0.1, 0.15) is 61.1 Å². The summed E-state index contributed by atoms with van der Waals surface area (Å²) in [6.07, 6.45) is 4.39. The van der Waals surface area contributed by atoms with Crippen LogP contribution >= 0.6 is 10.3 Å². The van der Waals surface area contributed by atoms with Gasteiger partial charge in [-0.1, -0.05) is 44.9 Å². The van der Waals surface area contributed by atoms with Crippen molar-refractivity contribution >= 4 is 16.1 Å². The van der Waals surface area contributed by atoms with Gasteiger partial charge >= 0.3 is 0 Å². The molecule has 0 bridgehead atoms. The van der Waals surface area contributed by atoms with Crippen LogP contribution in [-0.4, -0.2) is 27.0 Å². The SMILES string of the molecule is CC.CC(C)(C)c1cc(N)n(-c2ccc(OS(C)(C)C(C)(C)C)cc2)n1. The van der Waals surface area contributed by atoms with E-state index in [-0.39, 0.29) is 10.2 Å². The molecule has 0 radical (unpaired) electrons. The summed E-state index contributed by atoms with van der Waals surface area (Å²) in [5.41, 5.74) is 8.04. The van der Waals surface area contributed by atoms with E-state index in [0.717, 1.165) is 17.1 Å². The predicted octanol–water partition coefficient (Wildman–Crippen LogP) is 5.93. The van der Waals surface area contributed by atoms with Gasteiger partial charge in [-0.05, 0) is 57.5 Å². The molecule has 0 aliphatic heterocycles. The summed E-state index contributed by atoms with van der Waals surface area (Å²) in [6.45, 7) is 17.0. The fourth-order valence-corrected chi connectivity index (χ4v) is 2.82. The summed E-state index contributed by atoms with van der Waals surface area (Å²) >= 11 is 0. The van der Waals surface area contributed by atoms with Crippen molar-refractivity contribution in [1.29, 1.82) is 0 Å². The molecule has 0 fully saturated rings. The molecule has 1 aromatic heterocycles. The molecule has 0 saturated carbocycles. The highest BCUT2D eigenvalue weighted by Crippen LogP contribution is 2.53. The van der Waals surface area contributed by atoms with Crippen LogP contribution in [0.15, 0.2) is 30.3 Å². The van der Waals surface area contributed by atoms with Crippen LogP contribution < -0.4 is 9.92 Å². The molecule has 5 heteroatoms. The molecular formula is C21H37N3OS. The summed E-state index contributed by atoms with van der Waals surface area (Å²) in [5, 5.41) is 4.65. The molecule has 1 aromatic carbocycles. The van der Waals surface area contributed by atoms with E-state index >= 15 is 0 Å². The number of hydrogen-bond donors (Lipinski definition) is 1. The van der Waals surface area contributed by atoms with E-state index in [0.29, 0.717) is 5.82 Å². The number of hydrogen-bond acceptors (Lipinski definition) is 3. The van der Waals surface area contributed by atoms with Crippen LogP contribution in [0.3, 0.4) is 0 Å². The maximum Gasteiger partial charge on any atom is 0.135 e. The largest absolute Gasteiger partial charge is 0.449 e. The standard InChI is InChI=1S/C19H31N3OS.C2H6/c1-18(2,3)16-13-17(20)22(21-16)14-9-11-15(12-10-14)23-24(7,8)19(4,5)6;1-2/h9-13H,20H2,1-8H3;1-2H3. The zero-order valence-corrected chi connectivity index (χ0v) is 19.0. The zero-order valence-electron chi connectivity index (χ0n) is 18.2. The van der Waals surface area contributed by atoms with Crippen molar-refractivity contribution in [2.75, 3.05) is 18.2 Å². The highest BCUT2D eigenvalue weighted by molar-refractivity contribution is 8.30. The number of rotatable bonds is 3. The molecule has 4 nitrogen and oxygen atoms in total. The molecule has 2 N–H and O–H groups in total. The van der Waals surface area contributed by atoms with Crippen LogP contribution in [0.2, 0.25) is 0 Å². The lowest BCUT2D eigenvalue weighted by Crippen LogP contribution is -2.27. The molecule has 0 aliphatic carbocycles. The second-order valence-electron chi connectivity index (χ2n) is 8.54. The molecule has 0 aliphatic rings. The van der Waals surface area contributed by atoms with Crippen LogP contribution in [0.4, 0.5) is 5.82 Å². The van der Waals surface area contributed by atoms with Crippen molar-refractivity contribution in [3.05, 3.63) is 36.0 Å². The Balaban J connectivity index is 0.00000163. The van der Waals surface area contributed by atoms with Crippen molar-refractivity contribution in [3.8, 4) is 11.4 Å². The van der Waals surface area contributed by atoms with E-state index in [9.17, 15) is 0 Å². The topological polar surface area (TPSA) is 53.1 Å². The lowest BCUT2D eigenvalue weighted by atomic mass is 9.92. The zero-order chi connectivity index (χ0) is 20.3. The molecule has 148 valence electrons. The number of nitrogens with two attached hydrogens (primary N) is 1. The number of anilines is 1. The average molecular weight is 380 g/mol. The fraction of sp³-hybridized carbons (Fsp3) is 0.571. The Kier molecular flexibility index (Phi) is 6.86. The molecular weight excluding hydrogens is 342 g/mol. The molecule has 2 aromatic rings. The van der Waals surface area contributed by atoms with Crippen LogP contribution in [0.5, 0.6) is 5.75 Å². The maximum absolute atomic E-state index is 6.27. The predicted molar refractivity (Wildman–Crippen MR) is 118 cm³/mol. The van der Waals surface area contributed by atoms with Gasteiger partial charge in [0.1, 0.15) is 11.6 Å². The van der Waals surface area contributed by atoms with Gasteiger partial charge in [0, 0.05) is 16.2 Å². The number of nitrogen functional groups attached to an aromatic ring is 1. The molecule has 0 atom stereocenters. The van der Waals surface area contributed by atoms with Gasteiger partial charge in [-0.3, -0.25) is 0 Å². The van der Waals surface area contributed by atoms with Crippen molar-refractivity contribution in [2.45, 2.75) is 65.6 Å². The monoisotopic (exact) mass is 379 g/mol. The van der Waals surface area contributed by atoms with Gasteiger partial charge in [0.15, 0.2) is 0 Å². The first kappa shape index (κ1) is 22.4. The second kappa shape index (κ2) is 7.95. The average Bonchev–Trinajstić information content (AvgIpc) is 2.91. The van der Waals surface area contributed by atoms with Gasteiger partial charge in [0.05, 0.1) is 11.4 Å². The summed E-state index contributed by atoms with van der Waals surface area (Å²) in [7, 11) is -1.20. The van der Waals surface area contributed by atoms with E-state index < -0.39 is 10.3 Å². The third-order valence-corrected chi connectivity index (χ3v) is 7.92. The quantitative estimate of drug-likeness (QED) is 0.718. The summed E-state index contributed by atoms with van der Waals surface area (Å²) in [5.74, 6) is 1.53. The molecule has 0 amide bonds. The molecule has 2 rings (SSSR count). The van der Waals surface area contributed by atoms with Gasteiger partial charge in [-0.2, -0.15) is 5.10 Å². The van der Waals surface area contributed by atoms with Crippen LogP contribution in [-0.2, 0) is 5.41 Å². The lowest BCUT2D eigenvalue weighted by Gasteiger charge is -2.43. The van der Waals surface area contributed by atoms with Gasteiger partial charge in [0.25, 0.3) is 0 Å². The Hall–Kier alpha value is -1.62. The number of aromatic nitrogens is 2. The van der Waals surface area contributed by atoms with E-state index in [1.807, 2.05) is 44.2 Å². The molecule has 26 heavy (non-hydrogen) atoms. The first-order valence-corrected chi connectivity index (χ1v) is 11.6. The third kappa shape index (κ3) is 5.19. The first-order valence-electron chi connectivity index (χ1n) is 9.20. The van der Waals surface area contributed by atoms with Crippen molar-refractivity contribution in [3.63, 3.8) is 0 Å². The van der Waals surface area contributed by atoms with E-state index in [2.05, 4.69) is 59.2 Å². The van der Waals surface area contributed by atoms with Crippen molar-refractivity contribution < 1.29 is 4.18 Å². The first-order chi connectivity index (χ1) is 11.8. The molecule has 0 unspecified atom stereocenters. The van der Waals surface area contributed by atoms with Crippen LogP contribution in [0.25, 0.3) is 5.69 Å². The Morgan fingerprint density at radius 3 is 1.85 bits per heavy atom. The summed E-state index contributed by atoms with van der Waals surface area (Å²) in [4.78, 5) is 0. The van der Waals surface area contributed by atoms with Gasteiger partial charge in [-0.15, -0.1) is 0 Å². The van der Waals surface area contributed by atoms with Gasteiger partial charge in [0.2, 0.25) is 0 Å². The summed E-state index contributed by atoms with van der Waals surface area (Å²) in [6, 6.07) is 9.94. The minimum atomic E-state index is -1.20. The van der Waals surface area contributed by atoms with Crippen molar-refractivity contribution in [1.82, 2.24) is 9.78 Å². The second-order valence-corrected chi connectivity index (χ2v) is 12.4. The van der Waals surface area contributed by atoms with Gasteiger partial charge in [-0.25, -0.2) is 4.68 Å². The van der Waals surface area contributed by atoms with E-state index in [4.69, 9.17) is 9.92 Å². The fourth-order valence-electron chi connectivity index (χ4n) is 1.98. The summed E-state index contributed by atoms with van der Waals surface area (Å²) < 4.78 is 8.18. The van der Waals surface area contributed by atoms with Crippen LogP contribution in [0, 0.1) is 0 Å². The maximum atomic E-state index is 6.27. The Morgan fingerprint density at radius 2 is 1.46 bits per heavy atom.